The highest BCUT2D eigenvalue weighted by molar-refractivity contribution is 7.91. The van der Waals surface area contributed by atoms with Crippen LogP contribution in [0.25, 0.3) is 0 Å². The summed E-state index contributed by atoms with van der Waals surface area (Å²) in [5, 5.41) is 3.35. The van der Waals surface area contributed by atoms with E-state index < -0.39 is 39.3 Å². The third-order valence-electron chi connectivity index (χ3n) is 4.03. The molecule has 0 aliphatic rings. The monoisotopic (exact) mass is 420 g/mol. The van der Waals surface area contributed by atoms with E-state index in [1.165, 1.54) is 24.7 Å². The van der Waals surface area contributed by atoms with Crippen molar-refractivity contribution in [3.63, 3.8) is 0 Å². The number of carbonyl (C=O) groups excluding carboxylic acids is 2. The van der Waals surface area contributed by atoms with E-state index in [4.69, 9.17) is 8.83 Å². The molecule has 2 amide bonds. The van der Waals surface area contributed by atoms with Crippen molar-refractivity contribution in [1.29, 1.82) is 0 Å². The molecule has 0 aliphatic heterocycles. The fraction of sp³-hybridized carbons (Fsp3) is 0.158. The summed E-state index contributed by atoms with van der Waals surface area (Å²) in [5.74, 6) is -2.01. The van der Waals surface area contributed by atoms with Crippen molar-refractivity contribution in [1.82, 2.24) is 10.6 Å². The molecule has 0 fully saturated rings. The van der Waals surface area contributed by atoms with Gasteiger partial charge in [0.05, 0.1) is 24.0 Å². The van der Waals surface area contributed by atoms with Gasteiger partial charge in [-0.3, -0.25) is 9.59 Å². The van der Waals surface area contributed by atoms with Crippen LogP contribution in [0, 0.1) is 5.82 Å². The normalized spacial score (nSPS) is 12.3. The van der Waals surface area contributed by atoms with Crippen molar-refractivity contribution in [2.24, 2.45) is 0 Å². The van der Waals surface area contributed by atoms with E-state index >= 15 is 0 Å². The number of hydrogen-bond acceptors (Lipinski definition) is 6. The van der Waals surface area contributed by atoms with Crippen LogP contribution in [0.4, 0.5) is 4.39 Å². The van der Waals surface area contributed by atoms with Crippen LogP contribution in [0.2, 0.25) is 0 Å². The largest absolute Gasteiger partial charge is 0.468 e. The summed E-state index contributed by atoms with van der Waals surface area (Å²) in [6, 6.07) is 10.5. The van der Waals surface area contributed by atoms with Gasteiger partial charge in [0.2, 0.25) is 0 Å². The fourth-order valence-corrected chi connectivity index (χ4v) is 4.14. The number of furan rings is 2. The predicted molar refractivity (Wildman–Crippen MR) is 98.6 cm³/mol. The average Bonchev–Trinajstić information content (AvgIpc) is 3.40. The van der Waals surface area contributed by atoms with Crippen LogP contribution in [-0.4, -0.2) is 26.8 Å². The van der Waals surface area contributed by atoms with Crippen molar-refractivity contribution in [3.05, 3.63) is 78.4 Å². The zero-order chi connectivity index (χ0) is 20.9. The summed E-state index contributed by atoms with van der Waals surface area (Å²) in [5.41, 5.74) is 0. The minimum Gasteiger partial charge on any atom is -0.468 e. The third kappa shape index (κ3) is 4.91. The number of amides is 2. The summed E-state index contributed by atoms with van der Waals surface area (Å²) < 4.78 is 49.3. The lowest BCUT2D eigenvalue weighted by Gasteiger charge is -2.16. The standard InChI is InChI=1S/C19H17FN2O6S/c20-13-5-7-15(8-6-13)29(25,26)17(16-4-2-10-28-16)12-22-19(24)18(23)21-11-14-3-1-9-27-14/h1-10,17H,11-12H2,(H,21,23)(H,22,24). The Morgan fingerprint density at radius 3 is 2.21 bits per heavy atom. The maximum absolute atomic E-state index is 13.1. The van der Waals surface area contributed by atoms with Gasteiger partial charge in [0.1, 0.15) is 22.6 Å². The van der Waals surface area contributed by atoms with E-state index in [-0.39, 0.29) is 17.2 Å². The Kier molecular flexibility index (Phi) is 6.13. The fourth-order valence-electron chi connectivity index (χ4n) is 2.55. The maximum atomic E-state index is 13.1. The Labute approximate surface area is 165 Å². The number of rotatable bonds is 7. The molecule has 2 heterocycles. The van der Waals surface area contributed by atoms with Crippen LogP contribution in [0.5, 0.6) is 0 Å². The summed E-state index contributed by atoms with van der Waals surface area (Å²) >= 11 is 0. The highest BCUT2D eigenvalue weighted by Crippen LogP contribution is 2.29. The van der Waals surface area contributed by atoms with Crippen molar-refractivity contribution >= 4 is 21.7 Å². The summed E-state index contributed by atoms with van der Waals surface area (Å²) in [4.78, 5) is 23.8. The molecule has 1 unspecified atom stereocenters. The minimum absolute atomic E-state index is 0.00867. The molecular weight excluding hydrogens is 403 g/mol. The Hall–Kier alpha value is -3.40. The van der Waals surface area contributed by atoms with Gasteiger partial charge >= 0.3 is 11.8 Å². The Morgan fingerprint density at radius 2 is 1.59 bits per heavy atom. The van der Waals surface area contributed by atoms with Crippen LogP contribution in [0.1, 0.15) is 16.8 Å². The number of hydrogen-bond donors (Lipinski definition) is 2. The molecule has 3 rings (SSSR count). The van der Waals surface area contributed by atoms with Gasteiger partial charge in [0.15, 0.2) is 9.84 Å². The molecule has 0 spiro atoms. The first-order valence-electron chi connectivity index (χ1n) is 8.49. The first-order valence-corrected chi connectivity index (χ1v) is 10.0. The molecule has 0 bridgehead atoms. The van der Waals surface area contributed by atoms with Crippen LogP contribution in [0.15, 0.2) is 74.8 Å². The van der Waals surface area contributed by atoms with Gasteiger partial charge in [-0.05, 0) is 48.5 Å². The zero-order valence-electron chi connectivity index (χ0n) is 15.0. The molecule has 8 nitrogen and oxygen atoms in total. The van der Waals surface area contributed by atoms with Crippen LogP contribution >= 0.6 is 0 Å². The molecule has 0 radical (unpaired) electrons. The van der Waals surface area contributed by atoms with E-state index in [9.17, 15) is 22.4 Å². The van der Waals surface area contributed by atoms with E-state index in [1.54, 1.807) is 12.1 Å². The van der Waals surface area contributed by atoms with Crippen LogP contribution < -0.4 is 10.6 Å². The number of nitrogens with one attached hydrogen (secondary N) is 2. The summed E-state index contributed by atoms with van der Waals surface area (Å²) in [7, 11) is -4.03. The molecule has 2 aromatic heterocycles. The van der Waals surface area contributed by atoms with Crippen molar-refractivity contribution in [2.45, 2.75) is 16.7 Å². The molecule has 29 heavy (non-hydrogen) atoms. The third-order valence-corrected chi connectivity index (χ3v) is 6.11. The molecule has 0 saturated carbocycles. The molecule has 10 heteroatoms. The molecule has 0 saturated heterocycles. The Balaban J connectivity index is 1.70. The van der Waals surface area contributed by atoms with Gasteiger partial charge in [0.25, 0.3) is 0 Å². The Morgan fingerprint density at radius 1 is 0.931 bits per heavy atom. The summed E-state index contributed by atoms with van der Waals surface area (Å²) in [6.07, 6.45) is 2.72. The zero-order valence-corrected chi connectivity index (χ0v) is 15.8. The van der Waals surface area contributed by atoms with Gasteiger partial charge in [0, 0.05) is 6.54 Å². The molecule has 3 aromatic rings. The minimum atomic E-state index is -4.03. The highest BCUT2D eigenvalue weighted by atomic mass is 32.2. The molecule has 2 N–H and O–H groups in total. The van der Waals surface area contributed by atoms with Gasteiger partial charge < -0.3 is 19.5 Å². The van der Waals surface area contributed by atoms with Crippen LogP contribution in [0.3, 0.4) is 0 Å². The average molecular weight is 420 g/mol. The first kappa shape index (κ1) is 20.3. The van der Waals surface area contributed by atoms with E-state index in [0.29, 0.717) is 5.76 Å². The molecule has 1 aromatic carbocycles. The second-order valence-electron chi connectivity index (χ2n) is 5.98. The van der Waals surface area contributed by atoms with E-state index in [0.717, 1.165) is 24.3 Å². The Bertz CT molecular complexity index is 1060. The van der Waals surface area contributed by atoms with E-state index in [2.05, 4.69) is 10.6 Å². The lowest BCUT2D eigenvalue weighted by atomic mass is 10.3. The first-order chi connectivity index (χ1) is 13.9. The molecule has 1 atom stereocenters. The van der Waals surface area contributed by atoms with Crippen molar-refractivity contribution in [3.8, 4) is 0 Å². The van der Waals surface area contributed by atoms with Crippen LogP contribution in [-0.2, 0) is 26.0 Å². The number of halogens is 1. The van der Waals surface area contributed by atoms with Crippen molar-refractivity contribution in [2.75, 3.05) is 6.54 Å². The summed E-state index contributed by atoms with van der Waals surface area (Å²) in [6.45, 7) is -0.408. The second-order valence-corrected chi connectivity index (χ2v) is 8.11. The lowest BCUT2D eigenvalue weighted by Crippen LogP contribution is -2.42. The highest BCUT2D eigenvalue weighted by Gasteiger charge is 2.32. The topological polar surface area (TPSA) is 119 Å². The quantitative estimate of drug-likeness (QED) is 0.446. The van der Waals surface area contributed by atoms with Gasteiger partial charge in [-0.15, -0.1) is 0 Å². The number of sulfone groups is 1. The number of benzene rings is 1. The lowest BCUT2D eigenvalue weighted by molar-refractivity contribution is -0.139. The van der Waals surface area contributed by atoms with Gasteiger partial charge in [-0.25, -0.2) is 12.8 Å². The van der Waals surface area contributed by atoms with E-state index in [1.807, 2.05) is 0 Å². The van der Waals surface area contributed by atoms with Gasteiger partial charge in [-0.2, -0.15) is 0 Å². The SMILES string of the molecule is O=C(NCc1ccco1)C(=O)NCC(c1ccco1)S(=O)(=O)c1ccc(F)cc1. The van der Waals surface area contributed by atoms with Gasteiger partial charge in [-0.1, -0.05) is 0 Å². The molecule has 0 aliphatic carbocycles. The predicted octanol–water partition coefficient (Wildman–Crippen LogP) is 1.96. The molecular formula is C19H17FN2O6S. The molecule has 152 valence electrons. The second kappa shape index (κ2) is 8.74. The maximum Gasteiger partial charge on any atom is 0.309 e. The van der Waals surface area contributed by atoms with Crippen molar-refractivity contribution < 1.29 is 31.2 Å². The number of carbonyl (C=O) groups is 2. The smallest absolute Gasteiger partial charge is 0.309 e.